The molecule has 1 N–H and O–H groups in total. The highest BCUT2D eigenvalue weighted by Gasteiger charge is 2.52. The van der Waals surface area contributed by atoms with Crippen molar-refractivity contribution in [3.63, 3.8) is 0 Å². The molecule has 3 rings (SSSR count). The zero-order valence-electron chi connectivity index (χ0n) is 16.0. The Bertz CT molecular complexity index is 976. The van der Waals surface area contributed by atoms with Crippen LogP contribution in [0, 0.1) is 5.82 Å². The van der Waals surface area contributed by atoms with Gasteiger partial charge in [0.1, 0.15) is 11.5 Å². The number of nitrogens with zero attached hydrogens (tertiary/aromatic N) is 2. The van der Waals surface area contributed by atoms with Crippen molar-refractivity contribution in [2.24, 2.45) is 5.10 Å². The normalized spacial score (nSPS) is 18.9. The van der Waals surface area contributed by atoms with E-state index in [1.54, 1.807) is 12.1 Å². The van der Waals surface area contributed by atoms with Crippen molar-refractivity contribution in [1.29, 1.82) is 0 Å². The maximum absolute atomic E-state index is 13.3. The van der Waals surface area contributed by atoms with E-state index in [2.05, 4.69) is 5.10 Å². The molecule has 2 aromatic rings. The molecule has 0 spiro atoms. The molecule has 0 bridgehead atoms. The second kappa shape index (κ2) is 7.94. The van der Waals surface area contributed by atoms with Crippen LogP contribution >= 0.6 is 0 Å². The third-order valence-corrected chi connectivity index (χ3v) is 4.66. The van der Waals surface area contributed by atoms with Crippen LogP contribution in [0.25, 0.3) is 0 Å². The molecule has 1 aliphatic rings. The lowest BCUT2D eigenvalue weighted by molar-refractivity contribution is -0.157. The number of ether oxygens (including phenoxy) is 2. The molecule has 0 saturated carbocycles. The highest BCUT2D eigenvalue weighted by Crippen LogP contribution is 2.40. The van der Waals surface area contributed by atoms with Crippen molar-refractivity contribution >= 4 is 11.6 Å². The van der Waals surface area contributed by atoms with E-state index >= 15 is 0 Å². The van der Waals surface area contributed by atoms with Gasteiger partial charge in [0.2, 0.25) is 5.91 Å². The van der Waals surface area contributed by atoms with Gasteiger partial charge < -0.3 is 14.6 Å². The van der Waals surface area contributed by atoms with Crippen molar-refractivity contribution in [1.82, 2.24) is 5.01 Å². The molecule has 0 aromatic heterocycles. The van der Waals surface area contributed by atoms with Crippen LogP contribution in [-0.2, 0) is 16.9 Å². The molecular weight excluding hydrogens is 408 g/mol. The first kappa shape index (κ1) is 21.6. The molecule has 1 aliphatic heterocycles. The van der Waals surface area contributed by atoms with Crippen molar-refractivity contribution in [2.75, 3.05) is 14.2 Å². The predicted molar refractivity (Wildman–Crippen MR) is 98.5 cm³/mol. The van der Waals surface area contributed by atoms with Gasteiger partial charge in [0.05, 0.1) is 27.1 Å². The average molecular weight is 426 g/mol. The van der Waals surface area contributed by atoms with Crippen LogP contribution in [0.4, 0.5) is 17.6 Å². The summed E-state index contributed by atoms with van der Waals surface area (Å²) in [6.07, 6.45) is -6.18. The summed E-state index contributed by atoms with van der Waals surface area (Å²) in [5, 5.41) is 14.8. The molecule has 30 heavy (non-hydrogen) atoms. The maximum atomic E-state index is 13.3. The molecule has 160 valence electrons. The van der Waals surface area contributed by atoms with Crippen LogP contribution in [0.1, 0.15) is 17.5 Å². The first-order valence-electron chi connectivity index (χ1n) is 8.75. The fourth-order valence-electron chi connectivity index (χ4n) is 3.15. The standard InChI is InChI=1S/C20H18F4N2O4/c1-29-15-8-3-12(9-16(15)30-2)10-18(27)26-19(28,11-17(25-26)20(22,23)24)13-4-6-14(21)7-5-13/h3-9,28H,10-11H2,1-2H3/t19-/m0/s1. The van der Waals surface area contributed by atoms with Gasteiger partial charge in [-0.2, -0.15) is 23.3 Å². The molecule has 1 amide bonds. The number of carbonyl (C=O) groups excluding carboxylic acids is 1. The minimum Gasteiger partial charge on any atom is -0.493 e. The fourth-order valence-corrected chi connectivity index (χ4v) is 3.15. The first-order valence-corrected chi connectivity index (χ1v) is 8.75. The number of carbonyl (C=O) groups is 1. The summed E-state index contributed by atoms with van der Waals surface area (Å²) < 4.78 is 63.3. The number of methoxy groups -OCH3 is 2. The number of amides is 1. The Kier molecular flexibility index (Phi) is 5.71. The molecular formula is C20H18F4N2O4. The Morgan fingerprint density at radius 1 is 1.13 bits per heavy atom. The van der Waals surface area contributed by atoms with Gasteiger partial charge >= 0.3 is 6.18 Å². The van der Waals surface area contributed by atoms with Gasteiger partial charge in [-0.05, 0) is 29.8 Å². The van der Waals surface area contributed by atoms with Crippen molar-refractivity contribution < 1.29 is 36.9 Å². The fraction of sp³-hybridized carbons (Fsp3) is 0.300. The lowest BCUT2D eigenvalue weighted by atomic mass is 9.96. The number of hydrogen-bond donors (Lipinski definition) is 1. The minimum atomic E-state index is -4.84. The van der Waals surface area contributed by atoms with E-state index in [1.165, 1.54) is 20.3 Å². The summed E-state index contributed by atoms with van der Waals surface area (Å²) in [4.78, 5) is 12.8. The van der Waals surface area contributed by atoms with Gasteiger partial charge in [-0.25, -0.2) is 4.39 Å². The van der Waals surface area contributed by atoms with E-state index in [1.807, 2.05) is 0 Å². The van der Waals surface area contributed by atoms with Gasteiger partial charge in [0.15, 0.2) is 17.2 Å². The van der Waals surface area contributed by atoms with E-state index < -0.39 is 35.8 Å². The zero-order chi connectivity index (χ0) is 22.1. The van der Waals surface area contributed by atoms with E-state index in [9.17, 15) is 27.5 Å². The number of hydrazone groups is 1. The second-order valence-electron chi connectivity index (χ2n) is 6.62. The van der Waals surface area contributed by atoms with Gasteiger partial charge in [-0.15, -0.1) is 0 Å². The van der Waals surface area contributed by atoms with Crippen LogP contribution in [-0.4, -0.2) is 42.1 Å². The summed E-state index contributed by atoms with van der Waals surface area (Å²) in [7, 11) is 2.83. The highest BCUT2D eigenvalue weighted by atomic mass is 19.4. The third-order valence-electron chi connectivity index (χ3n) is 4.66. The molecule has 10 heteroatoms. The van der Waals surface area contributed by atoms with Crippen LogP contribution in [0.5, 0.6) is 11.5 Å². The van der Waals surface area contributed by atoms with E-state index in [0.29, 0.717) is 22.1 Å². The molecule has 2 aromatic carbocycles. The molecule has 0 fully saturated rings. The number of halogens is 4. The third kappa shape index (κ3) is 4.09. The lowest BCUT2D eigenvalue weighted by Crippen LogP contribution is -2.44. The Morgan fingerprint density at radius 3 is 2.33 bits per heavy atom. The van der Waals surface area contributed by atoms with Gasteiger partial charge in [0, 0.05) is 5.56 Å². The van der Waals surface area contributed by atoms with Gasteiger partial charge in [-0.3, -0.25) is 4.79 Å². The monoisotopic (exact) mass is 426 g/mol. The number of rotatable bonds is 5. The molecule has 1 heterocycles. The Labute approximate surface area is 169 Å². The number of benzene rings is 2. The smallest absolute Gasteiger partial charge is 0.431 e. The number of alkyl halides is 3. The topological polar surface area (TPSA) is 71.4 Å². The Morgan fingerprint density at radius 2 is 1.77 bits per heavy atom. The summed E-state index contributed by atoms with van der Waals surface area (Å²) in [5.74, 6) is -0.777. The van der Waals surface area contributed by atoms with Gasteiger partial charge in [0.25, 0.3) is 0 Å². The van der Waals surface area contributed by atoms with Crippen LogP contribution in [0.2, 0.25) is 0 Å². The van der Waals surface area contributed by atoms with Gasteiger partial charge in [-0.1, -0.05) is 18.2 Å². The SMILES string of the molecule is COc1ccc(CC(=O)N2N=C(C(F)(F)F)C[C@]2(O)c2ccc(F)cc2)cc1OC. The largest absolute Gasteiger partial charge is 0.493 e. The summed E-state index contributed by atoms with van der Waals surface area (Å²) >= 11 is 0. The van der Waals surface area contributed by atoms with Crippen LogP contribution in [0.3, 0.4) is 0 Å². The average Bonchev–Trinajstić information content (AvgIpc) is 3.07. The Hall–Kier alpha value is -3.14. The summed E-state index contributed by atoms with van der Waals surface area (Å²) in [6.45, 7) is 0. The van der Waals surface area contributed by atoms with Crippen LogP contribution < -0.4 is 9.47 Å². The Balaban J connectivity index is 1.95. The molecule has 0 saturated heterocycles. The second-order valence-corrected chi connectivity index (χ2v) is 6.62. The lowest BCUT2D eigenvalue weighted by Gasteiger charge is -2.31. The quantitative estimate of drug-likeness (QED) is 0.745. The zero-order valence-corrected chi connectivity index (χ0v) is 16.0. The van der Waals surface area contributed by atoms with Crippen molar-refractivity contribution in [3.05, 3.63) is 59.4 Å². The molecule has 1 atom stereocenters. The molecule has 0 unspecified atom stereocenters. The van der Waals surface area contributed by atoms with Crippen molar-refractivity contribution in [3.8, 4) is 11.5 Å². The van der Waals surface area contributed by atoms with E-state index in [-0.39, 0.29) is 12.0 Å². The van der Waals surface area contributed by atoms with Crippen molar-refractivity contribution in [2.45, 2.75) is 24.7 Å². The molecule has 0 radical (unpaired) electrons. The summed E-state index contributed by atoms with van der Waals surface area (Å²) in [6, 6.07) is 8.77. The molecule has 0 aliphatic carbocycles. The van der Waals surface area contributed by atoms with E-state index in [0.717, 1.165) is 24.3 Å². The predicted octanol–water partition coefficient (Wildman–Crippen LogP) is 3.38. The number of aliphatic hydroxyl groups is 1. The first-order chi connectivity index (χ1) is 14.1. The highest BCUT2D eigenvalue weighted by molar-refractivity contribution is 5.95. The molecule has 6 nitrogen and oxygen atoms in total. The summed E-state index contributed by atoms with van der Waals surface area (Å²) in [5.41, 5.74) is -3.39. The number of hydrogen-bond acceptors (Lipinski definition) is 5. The van der Waals surface area contributed by atoms with Crippen LogP contribution in [0.15, 0.2) is 47.6 Å². The van der Waals surface area contributed by atoms with E-state index in [4.69, 9.17) is 9.47 Å². The maximum Gasteiger partial charge on any atom is 0.431 e. The minimum absolute atomic E-state index is 0.0902.